The minimum Gasteiger partial charge on any atom is -0.493 e. The highest BCUT2D eigenvalue weighted by molar-refractivity contribution is 9.10. The van der Waals surface area contributed by atoms with Gasteiger partial charge in [0.15, 0.2) is 5.11 Å². The van der Waals surface area contributed by atoms with Crippen LogP contribution in [0.3, 0.4) is 0 Å². The molecule has 1 amide bonds. The van der Waals surface area contributed by atoms with Gasteiger partial charge < -0.3 is 19.1 Å². The summed E-state index contributed by atoms with van der Waals surface area (Å²) in [7, 11) is 1.30. The minimum absolute atomic E-state index is 0.196. The van der Waals surface area contributed by atoms with Crippen molar-refractivity contribution < 1.29 is 23.8 Å². The third-order valence-electron chi connectivity index (χ3n) is 5.21. The zero-order chi connectivity index (χ0) is 24.8. The van der Waals surface area contributed by atoms with E-state index in [2.05, 4.69) is 22.9 Å². The number of thiocarbonyl (C=S) groups is 1. The van der Waals surface area contributed by atoms with Crippen molar-refractivity contribution in [1.29, 1.82) is 0 Å². The number of methoxy groups -OCH3 is 1. The third-order valence-corrected chi connectivity index (χ3v) is 6.23. The molecule has 0 N–H and O–H groups in total. The molecule has 0 atom stereocenters. The number of aryl methyl sites for hydroxylation is 1. The second-order valence-corrected chi connectivity index (χ2v) is 8.54. The van der Waals surface area contributed by atoms with Gasteiger partial charge in [0, 0.05) is 11.6 Å². The van der Waals surface area contributed by atoms with E-state index < -0.39 is 5.97 Å². The van der Waals surface area contributed by atoms with Crippen molar-refractivity contribution in [3.63, 3.8) is 0 Å². The zero-order valence-electron chi connectivity index (χ0n) is 19.6. The molecule has 1 fully saturated rings. The normalized spacial score (nSPS) is 14.7. The summed E-state index contributed by atoms with van der Waals surface area (Å²) in [4.78, 5) is 28.6. The van der Waals surface area contributed by atoms with Gasteiger partial charge in [0.05, 0.1) is 30.5 Å². The lowest BCUT2D eigenvalue weighted by molar-refractivity contribution is -0.140. The maximum absolute atomic E-state index is 13.6. The fraction of sp³-hybridized carbons (Fsp3) is 0.320. The van der Waals surface area contributed by atoms with Crippen LogP contribution in [0.1, 0.15) is 31.9 Å². The molecule has 2 aromatic rings. The SMILES string of the molecule is CCOc1cc(OCC)c(/C=C2/C(=O)N(c3ccc(CC)cc3)C(=S)N2CC(=O)OC)cc1Br. The fourth-order valence-corrected chi connectivity index (χ4v) is 4.32. The molecule has 34 heavy (non-hydrogen) atoms. The third kappa shape index (κ3) is 5.42. The zero-order valence-corrected chi connectivity index (χ0v) is 22.0. The van der Waals surface area contributed by atoms with E-state index in [9.17, 15) is 9.59 Å². The van der Waals surface area contributed by atoms with Crippen molar-refractivity contribution in [3.05, 3.63) is 57.7 Å². The fourth-order valence-electron chi connectivity index (χ4n) is 3.49. The highest BCUT2D eigenvalue weighted by atomic mass is 79.9. The van der Waals surface area contributed by atoms with E-state index in [1.807, 2.05) is 44.2 Å². The largest absolute Gasteiger partial charge is 0.493 e. The number of halogens is 1. The summed E-state index contributed by atoms with van der Waals surface area (Å²) in [5.74, 6) is 0.322. The lowest BCUT2D eigenvalue weighted by atomic mass is 10.1. The molecule has 9 heteroatoms. The quantitative estimate of drug-likeness (QED) is 0.250. The van der Waals surface area contributed by atoms with E-state index >= 15 is 0 Å². The van der Waals surface area contributed by atoms with Gasteiger partial charge in [-0.15, -0.1) is 0 Å². The van der Waals surface area contributed by atoms with E-state index in [0.29, 0.717) is 40.4 Å². The average Bonchev–Trinajstić information content (AvgIpc) is 3.05. The predicted octanol–water partition coefficient (Wildman–Crippen LogP) is 4.96. The van der Waals surface area contributed by atoms with Gasteiger partial charge in [-0.05, 0) is 78.3 Å². The summed E-state index contributed by atoms with van der Waals surface area (Å²) >= 11 is 9.15. The number of ether oxygens (including phenoxy) is 3. The molecule has 3 rings (SSSR count). The van der Waals surface area contributed by atoms with Crippen LogP contribution in [0, 0.1) is 0 Å². The molecule has 0 radical (unpaired) electrons. The predicted molar refractivity (Wildman–Crippen MR) is 139 cm³/mol. The van der Waals surface area contributed by atoms with Crippen LogP contribution in [0.25, 0.3) is 6.08 Å². The van der Waals surface area contributed by atoms with E-state index in [1.165, 1.54) is 16.9 Å². The molecule has 1 aliphatic heterocycles. The van der Waals surface area contributed by atoms with E-state index in [-0.39, 0.29) is 23.3 Å². The molecular formula is C25H27BrN2O5S. The number of nitrogens with zero attached hydrogens (tertiary/aromatic N) is 2. The van der Waals surface area contributed by atoms with Crippen LogP contribution in [0.5, 0.6) is 11.5 Å². The summed E-state index contributed by atoms with van der Waals surface area (Å²) in [5, 5.41) is 0.203. The molecule has 1 saturated heterocycles. The van der Waals surface area contributed by atoms with Gasteiger partial charge in [-0.3, -0.25) is 14.5 Å². The van der Waals surface area contributed by atoms with Crippen LogP contribution in [0.15, 0.2) is 46.6 Å². The first-order valence-corrected chi connectivity index (χ1v) is 12.2. The van der Waals surface area contributed by atoms with Gasteiger partial charge in [-0.25, -0.2) is 0 Å². The number of carbonyl (C=O) groups is 2. The van der Waals surface area contributed by atoms with Crippen LogP contribution < -0.4 is 14.4 Å². The van der Waals surface area contributed by atoms with E-state index in [4.69, 9.17) is 26.4 Å². The Balaban J connectivity index is 2.11. The number of rotatable bonds is 9. The van der Waals surface area contributed by atoms with E-state index in [1.54, 1.807) is 12.1 Å². The van der Waals surface area contributed by atoms with Crippen LogP contribution in [-0.2, 0) is 20.7 Å². The molecule has 0 bridgehead atoms. The number of hydrogen-bond acceptors (Lipinski definition) is 6. The molecule has 7 nitrogen and oxygen atoms in total. The average molecular weight is 547 g/mol. The minimum atomic E-state index is -0.512. The Kier molecular flexibility index (Phi) is 8.68. The van der Waals surface area contributed by atoms with Gasteiger partial charge in [-0.1, -0.05) is 19.1 Å². The summed E-state index contributed by atoms with van der Waals surface area (Å²) in [5.41, 5.74) is 2.65. The molecule has 0 aliphatic carbocycles. The van der Waals surface area contributed by atoms with Crippen LogP contribution in [-0.4, -0.2) is 48.8 Å². The Morgan fingerprint density at radius 1 is 1.06 bits per heavy atom. The lowest BCUT2D eigenvalue weighted by Crippen LogP contribution is -2.35. The highest BCUT2D eigenvalue weighted by Crippen LogP contribution is 2.36. The Morgan fingerprint density at radius 3 is 2.29 bits per heavy atom. The number of anilines is 1. The van der Waals surface area contributed by atoms with Crippen molar-refractivity contribution >= 4 is 56.9 Å². The molecular weight excluding hydrogens is 520 g/mol. The van der Waals surface area contributed by atoms with Gasteiger partial charge in [-0.2, -0.15) is 0 Å². The number of amides is 1. The lowest BCUT2D eigenvalue weighted by Gasteiger charge is -2.19. The molecule has 180 valence electrons. The van der Waals surface area contributed by atoms with Crippen LogP contribution in [0.4, 0.5) is 5.69 Å². The molecule has 0 saturated carbocycles. The van der Waals surface area contributed by atoms with Gasteiger partial charge in [0.1, 0.15) is 23.7 Å². The molecule has 0 unspecified atom stereocenters. The van der Waals surface area contributed by atoms with Crippen molar-refractivity contribution in [2.75, 3.05) is 31.8 Å². The van der Waals surface area contributed by atoms with E-state index in [0.717, 1.165) is 12.0 Å². The van der Waals surface area contributed by atoms with Crippen molar-refractivity contribution in [1.82, 2.24) is 4.90 Å². The summed E-state index contributed by atoms with van der Waals surface area (Å²) in [6, 6.07) is 11.2. The summed E-state index contributed by atoms with van der Waals surface area (Å²) < 4.78 is 17.0. The Morgan fingerprint density at radius 2 is 1.71 bits per heavy atom. The molecule has 1 heterocycles. The first-order valence-electron chi connectivity index (χ1n) is 11.0. The molecule has 1 aliphatic rings. The number of esters is 1. The van der Waals surface area contributed by atoms with Gasteiger partial charge in [0.25, 0.3) is 5.91 Å². The standard InChI is InChI=1S/C25H27BrN2O5S/c1-5-16-8-10-18(11-9-16)28-24(30)20(27(25(28)34)15-23(29)31-4)13-17-12-19(26)22(33-7-3)14-21(17)32-6-2/h8-14H,5-7,15H2,1-4H3/b20-13-. The topological polar surface area (TPSA) is 68.3 Å². The maximum Gasteiger partial charge on any atom is 0.325 e. The Hall–Kier alpha value is -2.91. The second kappa shape index (κ2) is 11.5. The van der Waals surface area contributed by atoms with Gasteiger partial charge >= 0.3 is 5.97 Å². The summed E-state index contributed by atoms with van der Waals surface area (Å²) in [6.07, 6.45) is 2.55. The van der Waals surface area contributed by atoms with Crippen molar-refractivity contribution in [2.24, 2.45) is 0 Å². The number of hydrogen-bond donors (Lipinski definition) is 0. The highest BCUT2D eigenvalue weighted by Gasteiger charge is 2.40. The van der Waals surface area contributed by atoms with Crippen molar-refractivity contribution in [3.8, 4) is 11.5 Å². The van der Waals surface area contributed by atoms with Gasteiger partial charge in [0.2, 0.25) is 0 Å². The first-order chi connectivity index (χ1) is 16.3. The number of carbonyl (C=O) groups excluding carboxylic acids is 2. The molecule has 0 aromatic heterocycles. The van der Waals surface area contributed by atoms with Crippen molar-refractivity contribution in [2.45, 2.75) is 27.2 Å². The monoisotopic (exact) mass is 546 g/mol. The maximum atomic E-state index is 13.6. The summed E-state index contributed by atoms with van der Waals surface area (Å²) in [6.45, 7) is 6.56. The molecule has 2 aromatic carbocycles. The second-order valence-electron chi connectivity index (χ2n) is 7.32. The van der Waals surface area contributed by atoms with Crippen LogP contribution in [0.2, 0.25) is 0 Å². The van der Waals surface area contributed by atoms with Crippen LogP contribution >= 0.6 is 28.1 Å². The smallest absolute Gasteiger partial charge is 0.325 e. The Labute approximate surface area is 213 Å². The Bertz CT molecular complexity index is 1120. The number of benzene rings is 2. The molecule has 0 spiro atoms. The first kappa shape index (κ1) is 25.7.